The standard InChI is InChI=1S/C20H25N3O2/c24-18-20(23-19(25)22-18)9-7-14(8-10-20)21-16-11-13-5-1-3-12-4-2-6-15(16)17(12)13/h2,4,6,13-14,16,21H,1,3,5,7-11H2,(H2,22,23,24,25)/t13-,14?,16+,20?/m1/s1. The van der Waals surface area contributed by atoms with Crippen LogP contribution in [0.1, 0.15) is 73.6 Å². The van der Waals surface area contributed by atoms with Crippen molar-refractivity contribution in [3.63, 3.8) is 0 Å². The number of amides is 3. The normalized spacial score (nSPS) is 36.2. The van der Waals surface area contributed by atoms with Gasteiger partial charge in [0.2, 0.25) is 0 Å². The van der Waals surface area contributed by atoms with E-state index in [1.165, 1.54) is 31.2 Å². The third kappa shape index (κ3) is 2.40. The van der Waals surface area contributed by atoms with Gasteiger partial charge in [0, 0.05) is 12.1 Å². The summed E-state index contributed by atoms with van der Waals surface area (Å²) in [5.41, 5.74) is 4.04. The van der Waals surface area contributed by atoms with Gasteiger partial charge in [-0.05, 0) is 74.0 Å². The first-order chi connectivity index (χ1) is 12.1. The van der Waals surface area contributed by atoms with Crippen LogP contribution in [0.5, 0.6) is 0 Å². The maximum Gasteiger partial charge on any atom is 0.322 e. The van der Waals surface area contributed by atoms with E-state index in [2.05, 4.69) is 34.1 Å². The van der Waals surface area contributed by atoms with E-state index < -0.39 is 5.54 Å². The predicted octanol–water partition coefficient (Wildman–Crippen LogP) is 2.66. The molecule has 3 N–H and O–H groups in total. The molecule has 2 atom stereocenters. The van der Waals surface area contributed by atoms with E-state index >= 15 is 0 Å². The SMILES string of the molecule is O=C1NC(=O)C2(CCC(N[C@H]3C[C@H]4CCCc5cccc3c54)CC2)N1. The van der Waals surface area contributed by atoms with E-state index in [0.717, 1.165) is 31.6 Å². The second-order valence-corrected chi connectivity index (χ2v) is 8.23. The number of carbonyl (C=O) groups is 2. The highest BCUT2D eigenvalue weighted by Gasteiger charge is 2.48. The molecule has 0 aromatic heterocycles. The molecule has 0 unspecified atom stereocenters. The molecule has 5 rings (SSSR count). The van der Waals surface area contributed by atoms with Crippen LogP contribution in [-0.2, 0) is 11.2 Å². The highest BCUT2D eigenvalue weighted by molar-refractivity contribution is 6.07. The summed E-state index contributed by atoms with van der Waals surface area (Å²) < 4.78 is 0. The van der Waals surface area contributed by atoms with Gasteiger partial charge in [-0.1, -0.05) is 18.2 Å². The van der Waals surface area contributed by atoms with Crippen molar-refractivity contribution in [2.75, 3.05) is 0 Å². The number of nitrogens with one attached hydrogen (secondary N) is 3. The van der Waals surface area contributed by atoms with Crippen LogP contribution in [-0.4, -0.2) is 23.5 Å². The Bertz CT molecular complexity index is 736. The largest absolute Gasteiger partial charge is 0.323 e. The van der Waals surface area contributed by atoms with E-state index in [1.54, 1.807) is 11.1 Å². The van der Waals surface area contributed by atoms with Gasteiger partial charge >= 0.3 is 6.03 Å². The minimum absolute atomic E-state index is 0.141. The fourth-order valence-electron chi connectivity index (χ4n) is 5.58. The summed E-state index contributed by atoms with van der Waals surface area (Å²) in [6.07, 6.45) is 8.40. The Kier molecular flexibility index (Phi) is 3.42. The highest BCUT2D eigenvalue weighted by Crippen LogP contribution is 2.48. The summed E-state index contributed by atoms with van der Waals surface area (Å²) >= 11 is 0. The number of urea groups is 1. The minimum atomic E-state index is -0.651. The van der Waals surface area contributed by atoms with E-state index in [9.17, 15) is 9.59 Å². The van der Waals surface area contributed by atoms with Crippen molar-refractivity contribution in [2.24, 2.45) is 0 Å². The molecule has 4 aliphatic rings. The summed E-state index contributed by atoms with van der Waals surface area (Å²) in [4.78, 5) is 23.6. The van der Waals surface area contributed by atoms with Crippen LogP contribution >= 0.6 is 0 Å². The molecular weight excluding hydrogens is 314 g/mol. The molecular formula is C20H25N3O2. The lowest BCUT2D eigenvalue weighted by Crippen LogP contribution is -2.52. The Hall–Kier alpha value is -1.88. The Labute approximate surface area is 147 Å². The Balaban J connectivity index is 1.28. The zero-order valence-corrected chi connectivity index (χ0v) is 14.4. The van der Waals surface area contributed by atoms with Crippen molar-refractivity contribution in [3.05, 3.63) is 34.9 Å². The van der Waals surface area contributed by atoms with Crippen molar-refractivity contribution in [1.29, 1.82) is 0 Å². The van der Waals surface area contributed by atoms with E-state index in [0.29, 0.717) is 12.1 Å². The van der Waals surface area contributed by atoms with Crippen molar-refractivity contribution in [3.8, 4) is 0 Å². The van der Waals surface area contributed by atoms with Gasteiger partial charge < -0.3 is 10.6 Å². The number of hydrogen-bond acceptors (Lipinski definition) is 3. The van der Waals surface area contributed by atoms with Crippen LogP contribution in [0, 0.1) is 0 Å². The van der Waals surface area contributed by atoms with Gasteiger partial charge in [-0.25, -0.2) is 4.79 Å². The summed E-state index contributed by atoms with van der Waals surface area (Å²) in [7, 11) is 0. The van der Waals surface area contributed by atoms with Crippen LogP contribution in [0.4, 0.5) is 4.79 Å². The van der Waals surface area contributed by atoms with Crippen LogP contribution in [0.3, 0.4) is 0 Å². The zero-order valence-electron chi connectivity index (χ0n) is 14.4. The molecule has 1 aromatic rings. The van der Waals surface area contributed by atoms with Crippen LogP contribution in [0.15, 0.2) is 18.2 Å². The molecule has 0 radical (unpaired) electrons. The average Bonchev–Trinajstić information content (AvgIpc) is 3.09. The molecule has 1 saturated carbocycles. The van der Waals surface area contributed by atoms with Gasteiger partial charge in [-0.15, -0.1) is 0 Å². The van der Waals surface area contributed by atoms with Crippen LogP contribution in [0.2, 0.25) is 0 Å². The van der Waals surface area contributed by atoms with Crippen molar-refractivity contribution >= 4 is 11.9 Å². The fourth-order valence-corrected chi connectivity index (χ4v) is 5.58. The van der Waals surface area contributed by atoms with Crippen molar-refractivity contribution in [1.82, 2.24) is 16.0 Å². The third-order valence-corrected chi connectivity index (χ3v) is 6.82. The molecule has 1 aromatic carbocycles. The van der Waals surface area contributed by atoms with Gasteiger partial charge in [0.05, 0.1) is 0 Å². The summed E-state index contributed by atoms with van der Waals surface area (Å²) in [6, 6.07) is 7.36. The highest BCUT2D eigenvalue weighted by atomic mass is 16.2. The fraction of sp³-hybridized carbons (Fsp3) is 0.600. The quantitative estimate of drug-likeness (QED) is 0.726. The van der Waals surface area contributed by atoms with Crippen molar-refractivity contribution < 1.29 is 9.59 Å². The number of aryl methyl sites for hydroxylation is 1. The first-order valence-electron chi connectivity index (χ1n) is 9.66. The van der Waals surface area contributed by atoms with Gasteiger partial charge in [-0.2, -0.15) is 0 Å². The lowest BCUT2D eigenvalue weighted by molar-refractivity contribution is -0.125. The second kappa shape index (κ2) is 5.56. The molecule has 25 heavy (non-hydrogen) atoms. The molecule has 5 nitrogen and oxygen atoms in total. The first-order valence-corrected chi connectivity index (χ1v) is 9.66. The molecule has 5 heteroatoms. The molecule has 0 bridgehead atoms. The maximum atomic E-state index is 12.1. The van der Waals surface area contributed by atoms with Gasteiger partial charge in [0.15, 0.2) is 0 Å². The van der Waals surface area contributed by atoms with Gasteiger partial charge in [0.25, 0.3) is 5.91 Å². The Morgan fingerprint density at radius 3 is 2.72 bits per heavy atom. The number of hydrogen-bond donors (Lipinski definition) is 3. The van der Waals surface area contributed by atoms with Crippen molar-refractivity contribution in [2.45, 2.75) is 74.9 Å². The lowest BCUT2D eigenvalue weighted by Gasteiger charge is -2.36. The smallest absolute Gasteiger partial charge is 0.322 e. The molecule has 1 saturated heterocycles. The molecule has 1 heterocycles. The molecule has 2 fully saturated rings. The number of rotatable bonds is 2. The number of carbonyl (C=O) groups excluding carboxylic acids is 2. The Morgan fingerprint density at radius 1 is 1.12 bits per heavy atom. The van der Waals surface area contributed by atoms with Gasteiger partial charge in [-0.3, -0.25) is 10.1 Å². The minimum Gasteiger partial charge on any atom is -0.323 e. The molecule has 1 spiro atoms. The van der Waals surface area contributed by atoms with E-state index in [1.807, 2.05) is 0 Å². The van der Waals surface area contributed by atoms with E-state index in [4.69, 9.17) is 0 Å². The number of benzene rings is 1. The maximum absolute atomic E-state index is 12.1. The average molecular weight is 339 g/mol. The van der Waals surface area contributed by atoms with E-state index in [-0.39, 0.29) is 11.9 Å². The molecule has 1 aliphatic heterocycles. The topological polar surface area (TPSA) is 70.2 Å². The van der Waals surface area contributed by atoms with Crippen LogP contribution in [0.25, 0.3) is 0 Å². The monoisotopic (exact) mass is 339 g/mol. The summed E-state index contributed by atoms with van der Waals surface area (Å²) in [6.45, 7) is 0. The van der Waals surface area contributed by atoms with Crippen LogP contribution < -0.4 is 16.0 Å². The summed E-state index contributed by atoms with van der Waals surface area (Å²) in [5.74, 6) is 0.588. The first kappa shape index (κ1) is 15.4. The zero-order chi connectivity index (χ0) is 17.0. The summed E-state index contributed by atoms with van der Waals surface area (Å²) in [5, 5.41) is 9.13. The third-order valence-electron chi connectivity index (χ3n) is 6.82. The van der Waals surface area contributed by atoms with Gasteiger partial charge in [0.1, 0.15) is 5.54 Å². The second-order valence-electron chi connectivity index (χ2n) is 8.23. The Morgan fingerprint density at radius 2 is 1.96 bits per heavy atom. The molecule has 3 aliphatic carbocycles. The lowest BCUT2D eigenvalue weighted by atomic mass is 9.79. The number of imide groups is 1. The molecule has 3 amide bonds. The molecule has 132 valence electrons. The predicted molar refractivity (Wildman–Crippen MR) is 94.3 cm³/mol.